The van der Waals surface area contributed by atoms with Gasteiger partial charge in [-0.1, -0.05) is 29.8 Å². The van der Waals surface area contributed by atoms with Gasteiger partial charge in [0.15, 0.2) is 0 Å². The molecule has 3 rings (SSSR count). The number of rotatable bonds is 4. The maximum absolute atomic E-state index is 12.8. The fourth-order valence-electron chi connectivity index (χ4n) is 2.51. The summed E-state index contributed by atoms with van der Waals surface area (Å²) in [7, 11) is 1.20. The van der Waals surface area contributed by atoms with Gasteiger partial charge in [-0.25, -0.2) is 9.69 Å². The minimum Gasteiger partial charge on any atom is -0.508 e. The molecule has 0 fully saturated rings. The highest BCUT2D eigenvalue weighted by atomic mass is 35.5. The lowest BCUT2D eigenvalue weighted by Crippen LogP contribution is -2.33. The van der Waals surface area contributed by atoms with Gasteiger partial charge in [0.1, 0.15) is 16.5 Å². The highest BCUT2D eigenvalue weighted by molar-refractivity contribution is 6.53. The van der Waals surface area contributed by atoms with Crippen LogP contribution in [0.2, 0.25) is 0 Å². The zero-order chi connectivity index (χ0) is 18.8. The second-order valence-corrected chi connectivity index (χ2v) is 5.70. The largest absolute Gasteiger partial charge is 0.508 e. The molecule has 1 aliphatic heterocycles. The zero-order valence-electron chi connectivity index (χ0n) is 13.5. The molecule has 0 bridgehead atoms. The average Bonchev–Trinajstić information content (AvgIpc) is 2.84. The number of aromatic hydroxyl groups is 1. The lowest BCUT2D eigenvalue weighted by atomic mass is 10.1. The second-order valence-electron chi connectivity index (χ2n) is 5.32. The van der Waals surface area contributed by atoms with Crippen molar-refractivity contribution in [3.05, 3.63) is 64.8 Å². The maximum Gasteiger partial charge on any atom is 0.339 e. The molecule has 0 radical (unpaired) electrons. The van der Waals surface area contributed by atoms with Crippen LogP contribution in [-0.2, 0) is 14.3 Å². The van der Waals surface area contributed by atoms with Crippen LogP contribution in [0, 0.1) is 0 Å². The normalized spacial score (nSPS) is 14.0. The van der Waals surface area contributed by atoms with E-state index in [1.165, 1.54) is 31.4 Å². The third-order valence-electron chi connectivity index (χ3n) is 3.69. The predicted molar refractivity (Wildman–Crippen MR) is 94.9 cm³/mol. The monoisotopic (exact) mass is 372 g/mol. The number of halogens is 1. The number of ether oxygens (including phenoxy) is 1. The number of nitrogens with one attached hydrogen (secondary N) is 1. The molecule has 0 aliphatic carbocycles. The van der Waals surface area contributed by atoms with Crippen molar-refractivity contribution in [2.24, 2.45) is 0 Å². The number of carbonyl (C=O) groups is 3. The summed E-state index contributed by atoms with van der Waals surface area (Å²) in [5.41, 5.74) is 0.351. The van der Waals surface area contributed by atoms with Crippen LogP contribution in [0.3, 0.4) is 0 Å². The Bertz CT molecular complexity index is 954. The molecule has 0 saturated carbocycles. The first-order chi connectivity index (χ1) is 12.4. The van der Waals surface area contributed by atoms with Crippen LogP contribution in [0.1, 0.15) is 10.4 Å². The van der Waals surface area contributed by atoms with Gasteiger partial charge in [0, 0.05) is 11.8 Å². The molecule has 1 heterocycles. The third-order valence-corrected chi connectivity index (χ3v) is 4.04. The minimum absolute atomic E-state index is 0.0172. The maximum atomic E-state index is 12.8. The molecule has 132 valence electrons. The lowest BCUT2D eigenvalue weighted by molar-refractivity contribution is -0.120. The summed E-state index contributed by atoms with van der Waals surface area (Å²) in [6, 6.07) is 12.1. The number of nitrogens with zero attached hydrogens (tertiary/aromatic N) is 1. The fraction of sp³-hybridized carbons (Fsp3) is 0.0556. The Hall–Kier alpha value is -3.32. The molecular formula is C18H13ClN2O5. The molecule has 0 unspecified atom stereocenters. The predicted octanol–water partition coefficient (Wildman–Crippen LogP) is 2.61. The molecule has 8 heteroatoms. The number of phenolic OH excluding ortho intramolecular Hbond substituents is 1. The van der Waals surface area contributed by atoms with E-state index in [1.54, 1.807) is 24.3 Å². The number of phenols is 1. The van der Waals surface area contributed by atoms with Gasteiger partial charge in [0.05, 0.1) is 18.4 Å². The van der Waals surface area contributed by atoms with Crippen LogP contribution in [0.25, 0.3) is 0 Å². The van der Waals surface area contributed by atoms with Crippen molar-refractivity contribution < 1.29 is 24.2 Å². The average molecular weight is 373 g/mol. The zero-order valence-corrected chi connectivity index (χ0v) is 14.3. The first-order valence-electron chi connectivity index (χ1n) is 7.46. The van der Waals surface area contributed by atoms with E-state index < -0.39 is 17.8 Å². The van der Waals surface area contributed by atoms with E-state index >= 15 is 0 Å². The molecule has 0 aromatic heterocycles. The summed E-state index contributed by atoms with van der Waals surface area (Å²) >= 11 is 6.05. The smallest absolute Gasteiger partial charge is 0.339 e. The van der Waals surface area contributed by atoms with Crippen LogP contribution >= 0.6 is 11.6 Å². The molecule has 0 spiro atoms. The number of amides is 2. The van der Waals surface area contributed by atoms with Crippen molar-refractivity contribution >= 4 is 40.8 Å². The first kappa shape index (κ1) is 17.5. The van der Waals surface area contributed by atoms with Crippen LogP contribution in [-0.4, -0.2) is 30.0 Å². The molecule has 0 atom stereocenters. The standard InChI is InChI=1S/C18H13ClN2O5/c1-26-18(25)12-7-2-3-8-13(12)21-16(23)14(19)15(17(21)24)20-10-5-4-6-11(22)9-10/h2-9,20,22H,1H3. The summed E-state index contributed by atoms with van der Waals surface area (Å²) < 4.78 is 4.69. The first-order valence-corrected chi connectivity index (χ1v) is 7.83. The molecule has 2 N–H and O–H groups in total. The Kier molecular flexibility index (Phi) is 4.64. The van der Waals surface area contributed by atoms with Gasteiger partial charge < -0.3 is 15.2 Å². The second kappa shape index (κ2) is 6.89. The van der Waals surface area contributed by atoms with Crippen molar-refractivity contribution in [1.29, 1.82) is 0 Å². The number of hydrogen-bond donors (Lipinski definition) is 2. The molecule has 2 aromatic rings. The lowest BCUT2D eigenvalue weighted by Gasteiger charge is -2.17. The molecule has 2 amide bonds. The van der Waals surface area contributed by atoms with Crippen molar-refractivity contribution in [3.8, 4) is 5.75 Å². The molecule has 26 heavy (non-hydrogen) atoms. The van der Waals surface area contributed by atoms with E-state index in [4.69, 9.17) is 16.3 Å². The Morgan fingerprint density at radius 1 is 1.12 bits per heavy atom. The summed E-state index contributed by atoms with van der Waals surface area (Å²) in [6.07, 6.45) is 0. The van der Waals surface area contributed by atoms with Gasteiger partial charge in [0.2, 0.25) is 0 Å². The van der Waals surface area contributed by atoms with Crippen molar-refractivity contribution in [1.82, 2.24) is 0 Å². The van der Waals surface area contributed by atoms with E-state index in [-0.39, 0.29) is 27.7 Å². The van der Waals surface area contributed by atoms with Gasteiger partial charge in [-0.05, 0) is 24.3 Å². The molecule has 1 aliphatic rings. The van der Waals surface area contributed by atoms with Crippen LogP contribution < -0.4 is 10.2 Å². The van der Waals surface area contributed by atoms with Crippen LogP contribution in [0.15, 0.2) is 59.3 Å². The van der Waals surface area contributed by atoms with Gasteiger partial charge in [0.25, 0.3) is 11.8 Å². The number of benzene rings is 2. The Balaban J connectivity index is 1.98. The molecule has 7 nitrogen and oxygen atoms in total. The van der Waals surface area contributed by atoms with Crippen molar-refractivity contribution in [3.63, 3.8) is 0 Å². The number of anilines is 2. The SMILES string of the molecule is COC(=O)c1ccccc1N1C(=O)C(Cl)=C(Nc2cccc(O)c2)C1=O. The number of imide groups is 1. The number of methoxy groups -OCH3 is 1. The van der Waals surface area contributed by atoms with E-state index in [0.717, 1.165) is 4.90 Å². The van der Waals surface area contributed by atoms with E-state index in [2.05, 4.69) is 5.32 Å². The summed E-state index contributed by atoms with van der Waals surface area (Å²) in [5, 5.41) is 11.9. The highest BCUT2D eigenvalue weighted by Gasteiger charge is 2.40. The number of hydrogen-bond acceptors (Lipinski definition) is 6. The Morgan fingerprint density at radius 2 is 1.85 bits per heavy atom. The summed E-state index contributed by atoms with van der Waals surface area (Å²) in [5.74, 6) is -2.20. The third kappa shape index (κ3) is 3.00. The van der Waals surface area contributed by atoms with E-state index in [1.807, 2.05) is 0 Å². The number of esters is 1. The highest BCUT2D eigenvalue weighted by Crippen LogP contribution is 2.32. The molecular weight excluding hydrogens is 360 g/mol. The Morgan fingerprint density at radius 3 is 2.54 bits per heavy atom. The van der Waals surface area contributed by atoms with Gasteiger partial charge in [-0.3, -0.25) is 9.59 Å². The van der Waals surface area contributed by atoms with Gasteiger partial charge in [-0.15, -0.1) is 0 Å². The van der Waals surface area contributed by atoms with Gasteiger partial charge in [-0.2, -0.15) is 0 Å². The minimum atomic E-state index is -0.768. The summed E-state index contributed by atoms with van der Waals surface area (Å²) in [6.45, 7) is 0. The quantitative estimate of drug-likeness (QED) is 0.632. The van der Waals surface area contributed by atoms with Crippen LogP contribution in [0.4, 0.5) is 11.4 Å². The number of para-hydroxylation sites is 1. The molecule has 0 saturated heterocycles. The van der Waals surface area contributed by atoms with Crippen molar-refractivity contribution in [2.75, 3.05) is 17.3 Å². The fourth-order valence-corrected chi connectivity index (χ4v) is 2.72. The van der Waals surface area contributed by atoms with Crippen LogP contribution in [0.5, 0.6) is 5.75 Å². The molecule has 2 aromatic carbocycles. The topological polar surface area (TPSA) is 95.9 Å². The van der Waals surface area contributed by atoms with Crippen molar-refractivity contribution in [2.45, 2.75) is 0 Å². The van der Waals surface area contributed by atoms with E-state index in [9.17, 15) is 19.5 Å². The van der Waals surface area contributed by atoms with Gasteiger partial charge >= 0.3 is 5.97 Å². The number of carbonyl (C=O) groups excluding carboxylic acids is 3. The Labute approximate surface area is 153 Å². The summed E-state index contributed by atoms with van der Waals surface area (Å²) in [4.78, 5) is 38.0. The van der Waals surface area contributed by atoms with E-state index in [0.29, 0.717) is 5.69 Å².